The smallest absolute Gasteiger partial charge is 0.356 e. The summed E-state index contributed by atoms with van der Waals surface area (Å²) >= 11 is 0. The lowest BCUT2D eigenvalue weighted by Gasteiger charge is -2.24. The fraction of sp³-hybridized carbons (Fsp3) is 0.500. The minimum atomic E-state index is -0.474. The van der Waals surface area contributed by atoms with Gasteiger partial charge in [-0.05, 0) is 19.3 Å². The molecule has 1 saturated carbocycles. The van der Waals surface area contributed by atoms with Gasteiger partial charge in [0.05, 0.1) is 6.61 Å². The fourth-order valence-corrected chi connectivity index (χ4v) is 2.45. The van der Waals surface area contributed by atoms with E-state index in [1.807, 2.05) is 0 Å². The number of aromatic amines is 1. The van der Waals surface area contributed by atoms with Crippen LogP contribution in [-0.4, -0.2) is 27.2 Å². The van der Waals surface area contributed by atoms with Crippen LogP contribution in [0.25, 0.3) is 5.65 Å². The Balaban J connectivity index is 1.94. The highest BCUT2D eigenvalue weighted by Gasteiger charge is 2.19. The van der Waals surface area contributed by atoms with Crippen LogP contribution < -0.4 is 5.56 Å². The molecule has 1 aliphatic rings. The van der Waals surface area contributed by atoms with Crippen LogP contribution >= 0.6 is 0 Å². The summed E-state index contributed by atoms with van der Waals surface area (Å²) < 4.78 is 6.18. The second-order valence-electron chi connectivity index (χ2n) is 5.17. The molecule has 0 aliphatic heterocycles. The van der Waals surface area contributed by atoms with Crippen molar-refractivity contribution in [1.29, 1.82) is 0 Å². The average molecular weight is 275 g/mol. The molecule has 0 radical (unpaired) electrons. The number of nitrogens with one attached hydrogen (secondary N) is 1. The summed E-state index contributed by atoms with van der Waals surface area (Å²) in [5.74, 6) is 0.172. The van der Waals surface area contributed by atoms with Crippen molar-refractivity contribution in [2.75, 3.05) is 6.61 Å². The normalized spacial score (nSPS) is 15.2. The second-order valence-corrected chi connectivity index (χ2v) is 5.17. The van der Waals surface area contributed by atoms with Crippen LogP contribution in [0, 0.1) is 5.92 Å². The summed E-state index contributed by atoms with van der Waals surface area (Å²) in [6.07, 6.45) is 4.53. The monoisotopic (exact) mass is 275 g/mol. The Hall–Kier alpha value is -2.11. The molecule has 0 atom stereocenters. The van der Waals surface area contributed by atoms with Crippen molar-refractivity contribution in [2.24, 2.45) is 5.92 Å². The molecule has 0 saturated heterocycles. The van der Waals surface area contributed by atoms with E-state index in [1.54, 1.807) is 13.0 Å². The first kappa shape index (κ1) is 12.9. The van der Waals surface area contributed by atoms with Gasteiger partial charge in [0.1, 0.15) is 5.69 Å². The zero-order valence-electron chi connectivity index (χ0n) is 11.4. The van der Waals surface area contributed by atoms with Gasteiger partial charge in [-0.2, -0.15) is 0 Å². The Morgan fingerprint density at radius 1 is 1.50 bits per heavy atom. The maximum atomic E-state index is 12.0. The van der Waals surface area contributed by atoms with Crippen LogP contribution in [0.15, 0.2) is 16.9 Å². The molecule has 0 amide bonds. The number of fused-ring (bicyclic) bond motifs is 1. The fourth-order valence-electron chi connectivity index (χ4n) is 2.45. The van der Waals surface area contributed by atoms with Crippen LogP contribution in [0.5, 0.6) is 0 Å². The van der Waals surface area contributed by atoms with Crippen molar-refractivity contribution >= 4 is 11.6 Å². The van der Waals surface area contributed by atoms with Gasteiger partial charge in [0.15, 0.2) is 5.65 Å². The summed E-state index contributed by atoms with van der Waals surface area (Å²) in [6.45, 7) is 2.03. The topological polar surface area (TPSA) is 76.5 Å². The van der Waals surface area contributed by atoms with Crippen molar-refractivity contribution in [1.82, 2.24) is 14.6 Å². The molecule has 1 N–H and O–H groups in total. The molecule has 1 fully saturated rings. The summed E-state index contributed by atoms with van der Waals surface area (Å²) in [5.41, 5.74) is 1.32. The van der Waals surface area contributed by atoms with E-state index in [4.69, 9.17) is 4.74 Å². The van der Waals surface area contributed by atoms with Gasteiger partial charge in [0.25, 0.3) is 5.56 Å². The van der Waals surface area contributed by atoms with Crippen LogP contribution in [-0.2, 0) is 11.2 Å². The second kappa shape index (κ2) is 5.11. The first-order valence-electron chi connectivity index (χ1n) is 6.96. The quantitative estimate of drug-likeness (QED) is 0.859. The van der Waals surface area contributed by atoms with Crippen molar-refractivity contribution in [3.05, 3.63) is 33.9 Å². The highest BCUT2D eigenvalue weighted by molar-refractivity contribution is 5.88. The number of carbonyl (C=O) groups excluding carboxylic acids is 1. The zero-order chi connectivity index (χ0) is 14.1. The lowest BCUT2D eigenvalue weighted by atomic mass is 9.82. The molecule has 0 unspecified atom stereocenters. The number of carbonyl (C=O) groups is 1. The molecule has 2 aromatic heterocycles. The van der Waals surface area contributed by atoms with Gasteiger partial charge >= 0.3 is 5.97 Å². The maximum Gasteiger partial charge on any atom is 0.356 e. The van der Waals surface area contributed by atoms with Crippen molar-refractivity contribution in [3.63, 3.8) is 0 Å². The number of aromatic nitrogens is 3. The van der Waals surface area contributed by atoms with Gasteiger partial charge in [-0.15, -0.1) is 0 Å². The lowest BCUT2D eigenvalue weighted by molar-refractivity contribution is 0.0519. The minimum Gasteiger partial charge on any atom is -0.461 e. The molecular weight excluding hydrogens is 258 g/mol. The minimum absolute atomic E-state index is 0.195. The molecule has 0 aromatic carbocycles. The third-order valence-corrected chi connectivity index (χ3v) is 3.72. The van der Waals surface area contributed by atoms with Crippen LogP contribution in [0.1, 0.15) is 42.4 Å². The number of H-pyrrole nitrogens is 1. The van der Waals surface area contributed by atoms with E-state index >= 15 is 0 Å². The number of esters is 1. The first-order chi connectivity index (χ1) is 9.67. The largest absolute Gasteiger partial charge is 0.461 e. The number of hydrogen-bond acceptors (Lipinski definition) is 4. The molecule has 2 heterocycles. The van der Waals surface area contributed by atoms with Crippen molar-refractivity contribution < 1.29 is 9.53 Å². The Morgan fingerprint density at radius 2 is 2.30 bits per heavy atom. The number of nitrogens with zero attached hydrogens (tertiary/aromatic N) is 2. The molecule has 106 valence electrons. The molecule has 0 spiro atoms. The van der Waals surface area contributed by atoms with E-state index < -0.39 is 5.97 Å². The third kappa shape index (κ3) is 2.33. The molecule has 6 heteroatoms. The van der Waals surface area contributed by atoms with E-state index in [0.717, 1.165) is 12.1 Å². The Morgan fingerprint density at radius 3 is 2.95 bits per heavy atom. The van der Waals surface area contributed by atoms with Gasteiger partial charge in [-0.25, -0.2) is 14.3 Å². The first-order valence-corrected chi connectivity index (χ1v) is 6.96. The Kier molecular flexibility index (Phi) is 3.30. The number of hydrogen-bond donors (Lipinski definition) is 1. The highest BCUT2D eigenvalue weighted by atomic mass is 16.5. The van der Waals surface area contributed by atoms with Gasteiger partial charge < -0.3 is 4.74 Å². The Bertz CT molecular complexity index is 697. The van der Waals surface area contributed by atoms with E-state index in [0.29, 0.717) is 18.2 Å². The van der Waals surface area contributed by atoms with Crippen LogP contribution in [0.4, 0.5) is 0 Å². The third-order valence-electron chi connectivity index (χ3n) is 3.72. The van der Waals surface area contributed by atoms with Gasteiger partial charge in [0.2, 0.25) is 0 Å². The Labute approximate surface area is 115 Å². The average Bonchev–Trinajstić information content (AvgIpc) is 2.79. The number of ether oxygens (including phenoxy) is 1. The van der Waals surface area contributed by atoms with E-state index in [1.165, 1.54) is 29.8 Å². The summed E-state index contributed by atoms with van der Waals surface area (Å²) in [5, 5.41) is 2.72. The van der Waals surface area contributed by atoms with Gasteiger partial charge in [-0.1, -0.05) is 19.3 Å². The summed E-state index contributed by atoms with van der Waals surface area (Å²) in [4.78, 5) is 28.1. The SMILES string of the molecule is CCOC(=O)c1cc2nc(CC3CCC3)cc(=O)n2[nH]1. The molecule has 0 bridgehead atoms. The van der Waals surface area contributed by atoms with Gasteiger partial charge in [0, 0.05) is 17.8 Å². The van der Waals surface area contributed by atoms with Crippen LogP contribution in [0.3, 0.4) is 0 Å². The van der Waals surface area contributed by atoms with E-state index in [-0.39, 0.29) is 11.3 Å². The molecule has 6 nitrogen and oxygen atoms in total. The molecule has 3 rings (SSSR count). The zero-order valence-corrected chi connectivity index (χ0v) is 11.4. The predicted octanol–water partition coefficient (Wildman–Crippen LogP) is 1.54. The van der Waals surface area contributed by atoms with Crippen molar-refractivity contribution in [2.45, 2.75) is 32.6 Å². The van der Waals surface area contributed by atoms with E-state index in [9.17, 15) is 9.59 Å². The lowest BCUT2D eigenvalue weighted by Crippen LogP contribution is -2.19. The maximum absolute atomic E-state index is 12.0. The summed E-state index contributed by atoms with van der Waals surface area (Å²) in [7, 11) is 0. The standard InChI is InChI=1S/C14H17N3O3/c1-2-20-14(19)11-8-12-15-10(6-9-4-3-5-9)7-13(18)17(12)16-11/h7-9,16H,2-6H2,1H3. The van der Waals surface area contributed by atoms with E-state index in [2.05, 4.69) is 10.1 Å². The number of rotatable bonds is 4. The van der Waals surface area contributed by atoms with Crippen molar-refractivity contribution in [3.8, 4) is 0 Å². The van der Waals surface area contributed by atoms with Crippen LogP contribution in [0.2, 0.25) is 0 Å². The highest BCUT2D eigenvalue weighted by Crippen LogP contribution is 2.29. The molecule has 20 heavy (non-hydrogen) atoms. The predicted molar refractivity (Wildman–Crippen MR) is 72.8 cm³/mol. The van der Waals surface area contributed by atoms with Gasteiger partial charge in [-0.3, -0.25) is 9.89 Å². The summed E-state index contributed by atoms with van der Waals surface area (Å²) in [6, 6.07) is 3.10. The molecular formula is C14H17N3O3. The molecule has 2 aromatic rings. The molecule has 1 aliphatic carbocycles.